The molecule has 1 saturated heterocycles. The fraction of sp³-hybridized carbons (Fsp3) is 0.444. The first-order chi connectivity index (χ1) is 13.4. The number of carbonyl (C=O) groups is 2. The fourth-order valence-corrected chi connectivity index (χ4v) is 2.86. The average molecular weight is 392 g/mol. The predicted octanol–water partition coefficient (Wildman–Crippen LogP) is 0.972. The zero-order valence-electron chi connectivity index (χ0n) is 15.2. The van der Waals surface area contributed by atoms with Gasteiger partial charge in [0, 0.05) is 6.54 Å². The number of benzene rings is 1. The molecule has 1 atom stereocenters. The van der Waals surface area contributed by atoms with Crippen molar-refractivity contribution in [3.63, 3.8) is 0 Å². The minimum Gasteiger partial charge on any atom is -0.351 e. The number of hydrogen-bond donors (Lipinski definition) is 2. The summed E-state index contributed by atoms with van der Waals surface area (Å²) in [6, 6.07) is 8.43. The first-order valence-electron chi connectivity index (χ1n) is 9.04. The monoisotopic (exact) mass is 392 g/mol. The second kappa shape index (κ2) is 8.42. The van der Waals surface area contributed by atoms with Gasteiger partial charge in [0.2, 0.25) is 5.91 Å². The third-order valence-electron chi connectivity index (χ3n) is 4.41. The van der Waals surface area contributed by atoms with Crippen LogP contribution in [0.15, 0.2) is 36.5 Å². The maximum absolute atomic E-state index is 12.8. The number of hydrogen-bond acceptors (Lipinski definition) is 5. The van der Waals surface area contributed by atoms with E-state index in [0.29, 0.717) is 25.8 Å². The van der Waals surface area contributed by atoms with E-state index >= 15 is 0 Å². The van der Waals surface area contributed by atoms with Crippen LogP contribution in [-0.4, -0.2) is 63.3 Å². The summed E-state index contributed by atoms with van der Waals surface area (Å²) in [7, 11) is 0. The molecule has 1 fully saturated rings. The van der Waals surface area contributed by atoms with E-state index in [2.05, 4.69) is 15.5 Å². The van der Waals surface area contributed by atoms with E-state index in [1.54, 1.807) is 0 Å². The number of nitrogens with zero attached hydrogens (tertiary/aromatic N) is 4. The molecule has 2 heterocycles. The van der Waals surface area contributed by atoms with E-state index in [-0.39, 0.29) is 11.6 Å². The largest absolute Gasteiger partial charge is 0.351 e. The van der Waals surface area contributed by atoms with Crippen molar-refractivity contribution in [2.24, 2.45) is 5.73 Å². The van der Waals surface area contributed by atoms with Crippen LogP contribution >= 0.6 is 0 Å². The van der Waals surface area contributed by atoms with Crippen LogP contribution in [0.2, 0.25) is 0 Å². The van der Waals surface area contributed by atoms with Crippen LogP contribution in [-0.2, 0) is 4.79 Å². The smallest absolute Gasteiger partial charge is 0.282 e. The summed E-state index contributed by atoms with van der Waals surface area (Å²) < 4.78 is 25.6. The highest BCUT2D eigenvalue weighted by Gasteiger charge is 2.46. The van der Waals surface area contributed by atoms with Crippen molar-refractivity contribution in [2.75, 3.05) is 19.6 Å². The molecule has 8 nitrogen and oxygen atoms in total. The number of rotatable bonds is 8. The lowest BCUT2D eigenvalue weighted by Gasteiger charge is -2.39. The van der Waals surface area contributed by atoms with E-state index in [4.69, 9.17) is 5.73 Å². The van der Waals surface area contributed by atoms with E-state index in [0.717, 1.165) is 10.6 Å². The lowest BCUT2D eigenvalue weighted by molar-refractivity contribution is -0.167. The van der Waals surface area contributed by atoms with Crippen molar-refractivity contribution >= 4 is 11.8 Å². The number of carbonyl (C=O) groups excluding carboxylic acids is 2. The van der Waals surface area contributed by atoms with Crippen molar-refractivity contribution in [3.8, 4) is 5.69 Å². The number of amides is 2. The van der Waals surface area contributed by atoms with Gasteiger partial charge in [-0.25, -0.2) is 8.78 Å². The summed E-state index contributed by atoms with van der Waals surface area (Å²) in [6.45, 7) is -0.724. The van der Waals surface area contributed by atoms with Gasteiger partial charge in [-0.15, -0.1) is 5.10 Å². The maximum atomic E-state index is 12.8. The Morgan fingerprint density at radius 3 is 2.61 bits per heavy atom. The van der Waals surface area contributed by atoms with Gasteiger partial charge in [-0.2, -0.15) is 9.90 Å². The van der Waals surface area contributed by atoms with Crippen LogP contribution in [0.1, 0.15) is 29.8 Å². The molecule has 2 aromatic rings. The highest BCUT2D eigenvalue weighted by atomic mass is 19.3. The van der Waals surface area contributed by atoms with Crippen LogP contribution in [0.25, 0.3) is 5.69 Å². The molecule has 3 N–H and O–H groups in total. The van der Waals surface area contributed by atoms with Gasteiger partial charge >= 0.3 is 0 Å². The fourth-order valence-electron chi connectivity index (χ4n) is 2.86. The Hall–Kier alpha value is -2.88. The summed E-state index contributed by atoms with van der Waals surface area (Å²) in [5, 5.41) is 10.9. The van der Waals surface area contributed by atoms with Crippen LogP contribution in [0.4, 0.5) is 8.78 Å². The number of nitrogens with two attached hydrogens (primary N) is 1. The SMILES string of the molecule is N[C@@H](CCCCNC(=O)c1cnn(-c2ccccc2)n1)C(=O)N1CC(F)(F)C1. The predicted molar refractivity (Wildman–Crippen MR) is 97.0 cm³/mol. The van der Waals surface area contributed by atoms with Crippen LogP contribution in [0.3, 0.4) is 0 Å². The Bertz CT molecular complexity index is 818. The van der Waals surface area contributed by atoms with Crippen molar-refractivity contribution in [1.82, 2.24) is 25.2 Å². The Kier molecular flexibility index (Phi) is 5.98. The van der Waals surface area contributed by atoms with E-state index < -0.39 is 31.0 Å². The molecular weight excluding hydrogens is 370 g/mol. The summed E-state index contributed by atoms with van der Waals surface area (Å²) in [5.74, 6) is -3.58. The number of likely N-dealkylation sites (tertiary alicyclic amines) is 1. The molecule has 0 bridgehead atoms. The molecule has 1 aliphatic heterocycles. The molecule has 150 valence electrons. The molecule has 1 aromatic carbocycles. The van der Waals surface area contributed by atoms with E-state index in [9.17, 15) is 18.4 Å². The summed E-state index contributed by atoms with van der Waals surface area (Å²) >= 11 is 0. The third kappa shape index (κ3) is 4.89. The highest BCUT2D eigenvalue weighted by molar-refractivity contribution is 5.91. The second-order valence-corrected chi connectivity index (χ2v) is 6.76. The Morgan fingerprint density at radius 1 is 1.21 bits per heavy atom. The van der Waals surface area contributed by atoms with Crippen LogP contribution in [0, 0.1) is 0 Å². The third-order valence-corrected chi connectivity index (χ3v) is 4.41. The molecule has 0 aliphatic carbocycles. The van der Waals surface area contributed by atoms with Crippen molar-refractivity contribution in [1.29, 1.82) is 0 Å². The van der Waals surface area contributed by atoms with E-state index in [1.807, 2.05) is 30.3 Å². The van der Waals surface area contributed by atoms with Gasteiger partial charge in [0.05, 0.1) is 31.0 Å². The topological polar surface area (TPSA) is 106 Å². The van der Waals surface area contributed by atoms with Crippen molar-refractivity contribution in [2.45, 2.75) is 31.2 Å². The van der Waals surface area contributed by atoms with Gasteiger partial charge in [-0.05, 0) is 31.4 Å². The van der Waals surface area contributed by atoms with Gasteiger partial charge in [-0.3, -0.25) is 9.59 Å². The molecule has 0 spiro atoms. The van der Waals surface area contributed by atoms with Crippen LogP contribution < -0.4 is 11.1 Å². The molecule has 0 saturated carbocycles. The highest BCUT2D eigenvalue weighted by Crippen LogP contribution is 2.27. The standard InChI is InChI=1S/C18H22F2N6O2/c19-18(20)11-25(12-18)17(28)14(21)8-4-5-9-22-16(27)15-10-23-26(24-15)13-6-2-1-3-7-13/h1-3,6-7,10,14H,4-5,8-9,11-12,21H2,(H,22,27)/t14-/m0/s1. The molecule has 0 unspecified atom stereocenters. The van der Waals surface area contributed by atoms with Gasteiger partial charge in [-0.1, -0.05) is 18.2 Å². The van der Waals surface area contributed by atoms with Gasteiger partial charge in [0.25, 0.3) is 11.8 Å². The van der Waals surface area contributed by atoms with Crippen molar-refractivity contribution in [3.05, 3.63) is 42.2 Å². The molecule has 2 amide bonds. The van der Waals surface area contributed by atoms with Gasteiger partial charge < -0.3 is 16.0 Å². The molecule has 10 heteroatoms. The first kappa shape index (κ1) is 19.9. The summed E-state index contributed by atoms with van der Waals surface area (Å²) in [5.41, 5.74) is 6.72. The number of para-hydroxylation sites is 1. The van der Waals surface area contributed by atoms with Crippen LogP contribution in [0.5, 0.6) is 0 Å². The Balaban J connectivity index is 1.35. The first-order valence-corrected chi connectivity index (χ1v) is 9.04. The summed E-state index contributed by atoms with van der Waals surface area (Å²) in [4.78, 5) is 26.4. The zero-order valence-corrected chi connectivity index (χ0v) is 15.2. The minimum atomic E-state index is -2.79. The number of halogens is 2. The molecular formula is C18H22F2N6O2. The van der Waals surface area contributed by atoms with Gasteiger partial charge in [0.1, 0.15) is 0 Å². The second-order valence-electron chi connectivity index (χ2n) is 6.76. The quantitative estimate of drug-likeness (QED) is 0.651. The van der Waals surface area contributed by atoms with Gasteiger partial charge in [0.15, 0.2) is 5.69 Å². The number of aromatic nitrogens is 3. The molecule has 0 radical (unpaired) electrons. The Morgan fingerprint density at radius 2 is 1.93 bits per heavy atom. The number of unbranched alkanes of at least 4 members (excludes halogenated alkanes) is 1. The van der Waals surface area contributed by atoms with E-state index in [1.165, 1.54) is 11.0 Å². The number of alkyl halides is 2. The zero-order chi connectivity index (χ0) is 20.1. The summed E-state index contributed by atoms with van der Waals surface area (Å²) in [6.07, 6.45) is 2.96. The molecule has 28 heavy (non-hydrogen) atoms. The number of nitrogens with one attached hydrogen (secondary N) is 1. The molecule has 3 rings (SSSR count). The molecule has 1 aromatic heterocycles. The minimum absolute atomic E-state index is 0.203. The molecule has 1 aliphatic rings. The maximum Gasteiger partial charge on any atom is 0.282 e. The lowest BCUT2D eigenvalue weighted by atomic mass is 10.1. The average Bonchev–Trinajstić information content (AvgIpc) is 3.16. The van der Waals surface area contributed by atoms with Crippen molar-refractivity contribution < 1.29 is 18.4 Å². The lowest BCUT2D eigenvalue weighted by Crippen LogP contribution is -2.61. The normalized spacial score (nSPS) is 16.3. The Labute approximate surface area is 160 Å².